The number of halogens is 1. The van der Waals surface area contributed by atoms with Crippen LogP contribution in [0.4, 0.5) is 4.39 Å². The molecule has 1 aromatic rings. The number of nitrogens with zero attached hydrogens (tertiary/aromatic N) is 1. The van der Waals surface area contributed by atoms with Gasteiger partial charge in [0.05, 0.1) is 11.8 Å². The van der Waals surface area contributed by atoms with Crippen LogP contribution >= 0.6 is 0 Å². The van der Waals surface area contributed by atoms with Gasteiger partial charge in [0, 0.05) is 18.7 Å². The summed E-state index contributed by atoms with van der Waals surface area (Å²) in [6.45, 7) is 3.75. The predicted octanol–water partition coefficient (Wildman–Crippen LogP) is 2.44. The van der Waals surface area contributed by atoms with Crippen LogP contribution < -0.4 is 4.74 Å². The van der Waals surface area contributed by atoms with Crippen molar-refractivity contribution in [3.63, 3.8) is 0 Å². The fourth-order valence-corrected chi connectivity index (χ4v) is 1.24. The van der Waals surface area contributed by atoms with E-state index in [1.54, 1.807) is 14.0 Å². The van der Waals surface area contributed by atoms with E-state index >= 15 is 0 Å². The van der Waals surface area contributed by atoms with E-state index in [9.17, 15) is 4.39 Å². The smallest absolute Gasteiger partial charge is 0.131 e. The van der Waals surface area contributed by atoms with Gasteiger partial charge in [0.2, 0.25) is 0 Å². The molecule has 1 aromatic carbocycles. The number of ether oxygens (including phenoxy) is 2. The van der Waals surface area contributed by atoms with Crippen molar-refractivity contribution in [3.05, 3.63) is 29.6 Å². The summed E-state index contributed by atoms with van der Waals surface area (Å²) in [4.78, 5) is 0. The van der Waals surface area contributed by atoms with Gasteiger partial charge in [0.1, 0.15) is 18.2 Å². The van der Waals surface area contributed by atoms with Gasteiger partial charge in [-0.3, -0.25) is 0 Å². The van der Waals surface area contributed by atoms with Crippen molar-refractivity contribution in [2.24, 2.45) is 5.16 Å². The second-order valence-corrected chi connectivity index (χ2v) is 3.68. The fraction of sp³-hybridized carbons (Fsp3) is 0.417. The molecule has 1 N–H and O–H groups in total. The van der Waals surface area contributed by atoms with E-state index in [0.29, 0.717) is 23.6 Å². The predicted molar refractivity (Wildman–Crippen MR) is 62.4 cm³/mol. The van der Waals surface area contributed by atoms with Crippen LogP contribution in [0.1, 0.15) is 19.4 Å². The van der Waals surface area contributed by atoms with E-state index in [0.717, 1.165) is 0 Å². The fourth-order valence-electron chi connectivity index (χ4n) is 1.24. The molecule has 0 aliphatic carbocycles. The molecular formula is C12H16FNO3. The van der Waals surface area contributed by atoms with Gasteiger partial charge in [-0.05, 0) is 26.0 Å². The van der Waals surface area contributed by atoms with Crippen LogP contribution in [0, 0.1) is 5.82 Å². The lowest BCUT2D eigenvalue weighted by atomic mass is 10.1. The third-order valence-electron chi connectivity index (χ3n) is 2.36. The highest BCUT2D eigenvalue weighted by Gasteiger charge is 2.10. The van der Waals surface area contributed by atoms with Gasteiger partial charge in [0.15, 0.2) is 0 Å². The van der Waals surface area contributed by atoms with Gasteiger partial charge in [-0.15, -0.1) is 0 Å². The summed E-state index contributed by atoms with van der Waals surface area (Å²) in [6.07, 6.45) is -0.0995. The highest BCUT2D eigenvalue weighted by atomic mass is 19.1. The lowest BCUT2D eigenvalue weighted by molar-refractivity contribution is 0.0715. The maximum absolute atomic E-state index is 13.1. The Morgan fingerprint density at radius 3 is 2.82 bits per heavy atom. The summed E-state index contributed by atoms with van der Waals surface area (Å²) in [5, 5.41) is 11.8. The molecule has 0 bridgehead atoms. The second kappa shape index (κ2) is 6.20. The number of oxime groups is 1. The van der Waals surface area contributed by atoms with Gasteiger partial charge in [0.25, 0.3) is 0 Å². The Kier molecular flexibility index (Phi) is 4.90. The first-order valence-corrected chi connectivity index (χ1v) is 5.22. The van der Waals surface area contributed by atoms with E-state index in [-0.39, 0.29) is 6.10 Å². The topological polar surface area (TPSA) is 51.0 Å². The van der Waals surface area contributed by atoms with E-state index < -0.39 is 5.82 Å². The largest absolute Gasteiger partial charge is 0.490 e. The first-order chi connectivity index (χ1) is 8.08. The Morgan fingerprint density at radius 1 is 1.53 bits per heavy atom. The quantitative estimate of drug-likeness (QED) is 0.489. The van der Waals surface area contributed by atoms with Crippen molar-refractivity contribution in [3.8, 4) is 5.75 Å². The van der Waals surface area contributed by atoms with Crippen molar-refractivity contribution < 1.29 is 19.1 Å². The molecule has 0 aliphatic rings. The normalized spacial score (nSPS) is 13.5. The van der Waals surface area contributed by atoms with Crippen molar-refractivity contribution >= 4 is 5.71 Å². The zero-order chi connectivity index (χ0) is 12.8. The minimum Gasteiger partial charge on any atom is -0.490 e. The van der Waals surface area contributed by atoms with Crippen LogP contribution in [0.5, 0.6) is 5.75 Å². The van der Waals surface area contributed by atoms with Crippen molar-refractivity contribution in [1.29, 1.82) is 0 Å². The standard InChI is InChI=1S/C12H16FNO3/c1-8(16-3)7-17-12-6-10(13)4-5-11(12)9(2)14-15/h4-6,8,15H,7H2,1-3H3/b14-9+. The van der Waals surface area contributed by atoms with Crippen molar-refractivity contribution in [2.75, 3.05) is 13.7 Å². The van der Waals surface area contributed by atoms with Crippen LogP contribution in [-0.4, -0.2) is 30.7 Å². The lowest BCUT2D eigenvalue weighted by Gasteiger charge is -2.14. The van der Waals surface area contributed by atoms with Gasteiger partial charge < -0.3 is 14.7 Å². The van der Waals surface area contributed by atoms with Gasteiger partial charge in [-0.2, -0.15) is 0 Å². The summed E-state index contributed by atoms with van der Waals surface area (Å²) < 4.78 is 23.6. The molecule has 0 amide bonds. The Morgan fingerprint density at radius 2 is 2.24 bits per heavy atom. The average molecular weight is 241 g/mol. The third-order valence-corrected chi connectivity index (χ3v) is 2.36. The number of benzene rings is 1. The zero-order valence-electron chi connectivity index (χ0n) is 10.1. The molecule has 0 fully saturated rings. The van der Waals surface area contributed by atoms with Gasteiger partial charge in [-0.25, -0.2) is 4.39 Å². The minimum atomic E-state index is -0.403. The Bertz CT molecular complexity index is 407. The highest BCUT2D eigenvalue weighted by molar-refractivity contribution is 6.00. The van der Waals surface area contributed by atoms with E-state index in [1.807, 2.05) is 6.92 Å². The van der Waals surface area contributed by atoms with Gasteiger partial charge in [-0.1, -0.05) is 5.16 Å². The number of hydrogen-bond acceptors (Lipinski definition) is 4. The Hall–Kier alpha value is -1.62. The monoisotopic (exact) mass is 241 g/mol. The van der Waals surface area contributed by atoms with Crippen LogP contribution in [0.3, 0.4) is 0 Å². The maximum atomic E-state index is 13.1. The van der Waals surface area contributed by atoms with Gasteiger partial charge >= 0.3 is 0 Å². The molecule has 0 saturated carbocycles. The number of hydrogen-bond donors (Lipinski definition) is 1. The van der Waals surface area contributed by atoms with Crippen LogP contribution in [0.2, 0.25) is 0 Å². The first-order valence-electron chi connectivity index (χ1n) is 5.22. The summed E-state index contributed by atoms with van der Waals surface area (Å²) in [5.41, 5.74) is 0.919. The number of rotatable bonds is 5. The number of methoxy groups -OCH3 is 1. The highest BCUT2D eigenvalue weighted by Crippen LogP contribution is 2.21. The summed E-state index contributed by atoms with van der Waals surface area (Å²) in [6, 6.07) is 4.06. The van der Waals surface area contributed by atoms with Crippen molar-refractivity contribution in [1.82, 2.24) is 0 Å². The minimum absolute atomic E-state index is 0.0995. The van der Waals surface area contributed by atoms with E-state index in [1.165, 1.54) is 18.2 Å². The molecule has 0 spiro atoms. The average Bonchev–Trinajstić information content (AvgIpc) is 2.35. The zero-order valence-corrected chi connectivity index (χ0v) is 10.1. The lowest BCUT2D eigenvalue weighted by Crippen LogP contribution is -2.17. The molecule has 4 nitrogen and oxygen atoms in total. The maximum Gasteiger partial charge on any atom is 0.131 e. The molecule has 0 aliphatic heterocycles. The Balaban J connectivity index is 2.91. The Labute approximate surface area is 99.7 Å². The summed E-state index contributed by atoms with van der Waals surface area (Å²) in [7, 11) is 1.57. The molecule has 17 heavy (non-hydrogen) atoms. The van der Waals surface area contributed by atoms with Crippen LogP contribution in [-0.2, 0) is 4.74 Å². The SMILES string of the molecule is COC(C)COc1cc(F)ccc1/C(C)=N/O. The molecule has 1 rings (SSSR count). The van der Waals surface area contributed by atoms with E-state index in [2.05, 4.69) is 5.16 Å². The van der Waals surface area contributed by atoms with E-state index in [4.69, 9.17) is 14.7 Å². The molecule has 94 valence electrons. The molecule has 0 heterocycles. The summed E-state index contributed by atoms with van der Waals surface area (Å²) >= 11 is 0. The van der Waals surface area contributed by atoms with Crippen LogP contribution in [0.15, 0.2) is 23.4 Å². The molecule has 1 unspecified atom stereocenters. The second-order valence-electron chi connectivity index (χ2n) is 3.68. The first kappa shape index (κ1) is 13.4. The molecule has 1 atom stereocenters. The molecule has 0 saturated heterocycles. The summed E-state index contributed by atoms with van der Waals surface area (Å²) in [5.74, 6) is -0.0660. The molecular weight excluding hydrogens is 225 g/mol. The van der Waals surface area contributed by atoms with Crippen molar-refractivity contribution in [2.45, 2.75) is 20.0 Å². The molecule has 0 aromatic heterocycles. The molecule has 5 heteroatoms. The van der Waals surface area contributed by atoms with Crippen LogP contribution in [0.25, 0.3) is 0 Å². The third kappa shape index (κ3) is 3.71. The molecule has 0 radical (unpaired) electrons.